The van der Waals surface area contributed by atoms with Crippen molar-refractivity contribution in [1.29, 1.82) is 0 Å². The second kappa shape index (κ2) is 12.1. The van der Waals surface area contributed by atoms with Gasteiger partial charge in [0.1, 0.15) is 0 Å². The first-order chi connectivity index (χ1) is 13.9. The molecule has 2 N–H and O–H groups in total. The van der Waals surface area contributed by atoms with Crippen LogP contribution < -0.4 is 10.6 Å². The molecule has 0 aliphatic carbocycles. The zero-order valence-electron chi connectivity index (χ0n) is 17.9. The summed E-state index contributed by atoms with van der Waals surface area (Å²) in [6.07, 6.45) is 0.527. The molecule has 0 radical (unpaired) electrons. The average molecular weight is 425 g/mol. The fourth-order valence-corrected chi connectivity index (χ4v) is 4.73. The molecule has 1 atom stereocenters. The lowest BCUT2D eigenvalue weighted by molar-refractivity contribution is 0.00867. The van der Waals surface area contributed by atoms with Gasteiger partial charge in [-0.2, -0.15) is 0 Å². The van der Waals surface area contributed by atoms with Crippen LogP contribution >= 0.6 is 0 Å². The molecule has 1 aliphatic rings. The van der Waals surface area contributed by atoms with E-state index in [0.29, 0.717) is 36.4 Å². The van der Waals surface area contributed by atoms with Gasteiger partial charge in [-0.15, -0.1) is 0 Å². The molecule has 1 saturated heterocycles. The van der Waals surface area contributed by atoms with Crippen molar-refractivity contribution in [3.8, 4) is 0 Å². The van der Waals surface area contributed by atoms with E-state index in [1.54, 1.807) is 24.3 Å². The Labute approximate surface area is 175 Å². The lowest BCUT2D eigenvalue weighted by Gasteiger charge is -2.36. The van der Waals surface area contributed by atoms with E-state index in [2.05, 4.69) is 29.4 Å². The third kappa shape index (κ3) is 7.95. The molecule has 8 heteroatoms. The monoisotopic (exact) mass is 424 g/mol. The molecule has 1 heterocycles. The molecule has 0 saturated carbocycles. The molecule has 1 fully saturated rings. The van der Waals surface area contributed by atoms with Crippen molar-refractivity contribution in [3.05, 3.63) is 30.3 Å². The number of ether oxygens (including phenoxy) is 1. The molecule has 164 valence electrons. The van der Waals surface area contributed by atoms with Gasteiger partial charge in [-0.3, -0.25) is 9.89 Å². The molecule has 1 aromatic carbocycles. The summed E-state index contributed by atoms with van der Waals surface area (Å²) in [5.41, 5.74) is 0. The third-order valence-corrected chi connectivity index (χ3v) is 6.87. The number of nitrogens with one attached hydrogen (secondary N) is 2. The lowest BCUT2D eigenvalue weighted by atomic mass is 10.0. The van der Waals surface area contributed by atoms with Crippen LogP contribution in [0, 0.1) is 5.92 Å². The Kier molecular flexibility index (Phi) is 9.90. The number of hydrogen-bond acceptors (Lipinski definition) is 5. The van der Waals surface area contributed by atoms with E-state index in [4.69, 9.17) is 9.73 Å². The topological polar surface area (TPSA) is 83.0 Å². The molecule has 0 bridgehead atoms. The maximum atomic E-state index is 12.4. The number of guanidine groups is 1. The van der Waals surface area contributed by atoms with Gasteiger partial charge >= 0.3 is 0 Å². The Morgan fingerprint density at radius 1 is 1.17 bits per heavy atom. The number of morpholine rings is 1. The maximum Gasteiger partial charge on any atom is 0.191 e. The zero-order valence-corrected chi connectivity index (χ0v) is 18.7. The normalized spacial score (nSPS) is 17.3. The molecule has 0 aromatic heterocycles. The Morgan fingerprint density at radius 3 is 2.48 bits per heavy atom. The molecular weight excluding hydrogens is 388 g/mol. The van der Waals surface area contributed by atoms with E-state index in [-0.39, 0.29) is 5.75 Å². The smallest absolute Gasteiger partial charge is 0.191 e. The highest BCUT2D eigenvalue weighted by Gasteiger charge is 2.23. The summed E-state index contributed by atoms with van der Waals surface area (Å²) in [5, 5.41) is 6.53. The molecule has 0 amide bonds. The minimum atomic E-state index is -3.24. The van der Waals surface area contributed by atoms with Crippen molar-refractivity contribution in [2.75, 3.05) is 51.7 Å². The van der Waals surface area contributed by atoms with Crippen molar-refractivity contribution in [2.45, 2.75) is 38.1 Å². The predicted molar refractivity (Wildman–Crippen MR) is 118 cm³/mol. The molecule has 7 nitrogen and oxygen atoms in total. The van der Waals surface area contributed by atoms with Crippen LogP contribution in [0.1, 0.15) is 27.2 Å². The number of benzene rings is 1. The van der Waals surface area contributed by atoms with Gasteiger partial charge in [-0.25, -0.2) is 8.42 Å². The quantitative estimate of drug-likeness (QED) is 0.338. The largest absolute Gasteiger partial charge is 0.379 e. The molecule has 1 unspecified atom stereocenters. The molecule has 0 spiro atoms. The zero-order chi connectivity index (χ0) is 21.1. The fraction of sp³-hybridized carbons (Fsp3) is 0.667. The summed E-state index contributed by atoms with van der Waals surface area (Å²) < 4.78 is 30.2. The van der Waals surface area contributed by atoms with E-state index >= 15 is 0 Å². The van der Waals surface area contributed by atoms with Crippen molar-refractivity contribution in [2.24, 2.45) is 10.9 Å². The molecule has 1 aliphatic heterocycles. The van der Waals surface area contributed by atoms with E-state index < -0.39 is 9.84 Å². The standard InChI is InChI=1S/C21H36N4O3S/c1-4-22-21(24-17-20(18(2)3)25-12-14-28-15-13-25)23-11-8-16-29(26,27)19-9-6-5-7-10-19/h5-7,9-10,18,20H,4,8,11-17H2,1-3H3,(H2,22,23,24). The first-order valence-electron chi connectivity index (χ1n) is 10.6. The van der Waals surface area contributed by atoms with Gasteiger partial charge in [0.2, 0.25) is 0 Å². The maximum absolute atomic E-state index is 12.4. The Balaban J connectivity index is 1.86. The molecular formula is C21H36N4O3S. The summed E-state index contributed by atoms with van der Waals surface area (Å²) in [6.45, 7) is 11.9. The van der Waals surface area contributed by atoms with Gasteiger partial charge in [0.25, 0.3) is 0 Å². The molecule has 29 heavy (non-hydrogen) atoms. The number of hydrogen-bond donors (Lipinski definition) is 2. The van der Waals surface area contributed by atoms with E-state index in [9.17, 15) is 8.42 Å². The summed E-state index contributed by atoms with van der Waals surface area (Å²) in [4.78, 5) is 7.60. The van der Waals surface area contributed by atoms with Gasteiger partial charge in [0.05, 0.1) is 30.4 Å². The van der Waals surface area contributed by atoms with Crippen LogP contribution in [0.25, 0.3) is 0 Å². The van der Waals surface area contributed by atoms with Crippen LogP contribution in [-0.4, -0.2) is 77.0 Å². The van der Waals surface area contributed by atoms with Crippen molar-refractivity contribution >= 4 is 15.8 Å². The van der Waals surface area contributed by atoms with Crippen molar-refractivity contribution in [1.82, 2.24) is 15.5 Å². The van der Waals surface area contributed by atoms with E-state index in [1.165, 1.54) is 0 Å². The first-order valence-corrected chi connectivity index (χ1v) is 12.2. The average Bonchev–Trinajstić information content (AvgIpc) is 2.72. The van der Waals surface area contributed by atoms with E-state index in [1.807, 2.05) is 13.0 Å². The minimum Gasteiger partial charge on any atom is -0.379 e. The SMILES string of the molecule is CCNC(=NCC(C(C)C)N1CCOCC1)NCCCS(=O)(=O)c1ccccc1. The molecule has 1 aromatic rings. The second-order valence-electron chi connectivity index (χ2n) is 7.59. The van der Waals surface area contributed by atoms with Crippen LogP contribution in [0.5, 0.6) is 0 Å². The minimum absolute atomic E-state index is 0.117. The van der Waals surface area contributed by atoms with Crippen LogP contribution in [0.15, 0.2) is 40.2 Å². The van der Waals surface area contributed by atoms with Gasteiger partial charge in [-0.1, -0.05) is 32.0 Å². The Morgan fingerprint density at radius 2 is 1.86 bits per heavy atom. The second-order valence-corrected chi connectivity index (χ2v) is 9.70. The van der Waals surface area contributed by atoms with Gasteiger partial charge in [0, 0.05) is 32.2 Å². The van der Waals surface area contributed by atoms with Gasteiger partial charge in [-0.05, 0) is 31.4 Å². The number of sulfone groups is 1. The van der Waals surface area contributed by atoms with E-state index in [0.717, 1.165) is 38.8 Å². The molecule has 2 rings (SSSR count). The Hall–Kier alpha value is -1.64. The summed E-state index contributed by atoms with van der Waals surface area (Å²) >= 11 is 0. The van der Waals surface area contributed by atoms with Crippen LogP contribution in [0.2, 0.25) is 0 Å². The van der Waals surface area contributed by atoms with Crippen LogP contribution in [0.3, 0.4) is 0 Å². The highest BCUT2D eigenvalue weighted by atomic mass is 32.2. The summed E-state index contributed by atoms with van der Waals surface area (Å²) in [7, 11) is -3.24. The lowest BCUT2D eigenvalue weighted by Crippen LogP contribution is -2.48. The first kappa shape index (κ1) is 23.6. The third-order valence-electron chi connectivity index (χ3n) is 5.05. The van der Waals surface area contributed by atoms with Gasteiger partial charge in [0.15, 0.2) is 15.8 Å². The van der Waals surface area contributed by atoms with Crippen LogP contribution in [0.4, 0.5) is 0 Å². The summed E-state index contributed by atoms with van der Waals surface area (Å²) in [6, 6.07) is 8.98. The predicted octanol–water partition coefficient (Wildman–Crippen LogP) is 1.76. The highest BCUT2D eigenvalue weighted by Crippen LogP contribution is 2.13. The van der Waals surface area contributed by atoms with Gasteiger partial charge < -0.3 is 15.4 Å². The fourth-order valence-electron chi connectivity index (χ4n) is 3.40. The Bertz CT molecular complexity index is 717. The number of rotatable bonds is 10. The number of nitrogens with zero attached hydrogens (tertiary/aromatic N) is 2. The summed E-state index contributed by atoms with van der Waals surface area (Å²) in [5.74, 6) is 1.35. The van der Waals surface area contributed by atoms with Crippen LogP contribution in [-0.2, 0) is 14.6 Å². The van der Waals surface area contributed by atoms with Crippen molar-refractivity contribution < 1.29 is 13.2 Å². The highest BCUT2D eigenvalue weighted by molar-refractivity contribution is 7.91. The van der Waals surface area contributed by atoms with Crippen molar-refractivity contribution in [3.63, 3.8) is 0 Å². The number of aliphatic imine (C=N–C) groups is 1.